The lowest BCUT2D eigenvalue weighted by Crippen LogP contribution is -2.43. The predicted octanol–water partition coefficient (Wildman–Crippen LogP) is 1.63. The van der Waals surface area contributed by atoms with Crippen LogP contribution in [0.5, 0.6) is 0 Å². The molecule has 1 heterocycles. The highest BCUT2D eigenvalue weighted by molar-refractivity contribution is 5.57. The molecule has 2 rings (SSSR count). The average molecular weight is 210 g/mol. The molecule has 1 saturated heterocycles. The van der Waals surface area contributed by atoms with Crippen molar-refractivity contribution < 1.29 is 9.13 Å². The predicted molar refractivity (Wildman–Crippen MR) is 58.4 cm³/mol. The molecule has 0 radical (unpaired) electrons. The van der Waals surface area contributed by atoms with Crippen molar-refractivity contribution in [2.45, 2.75) is 13.0 Å². The molecule has 15 heavy (non-hydrogen) atoms. The zero-order valence-corrected chi connectivity index (χ0v) is 8.74. The molecule has 0 unspecified atom stereocenters. The first-order valence-electron chi connectivity index (χ1n) is 5.08. The van der Waals surface area contributed by atoms with Crippen LogP contribution in [0.2, 0.25) is 0 Å². The van der Waals surface area contributed by atoms with Crippen LogP contribution in [-0.4, -0.2) is 25.8 Å². The van der Waals surface area contributed by atoms with Gasteiger partial charge < -0.3 is 15.4 Å². The molecule has 0 aromatic heterocycles. The summed E-state index contributed by atoms with van der Waals surface area (Å²) in [5.74, 6) is -0.361. The van der Waals surface area contributed by atoms with E-state index >= 15 is 0 Å². The Morgan fingerprint density at radius 1 is 1.53 bits per heavy atom. The smallest absolute Gasteiger partial charge is 0.146 e. The van der Waals surface area contributed by atoms with Crippen LogP contribution in [0.1, 0.15) is 6.92 Å². The minimum absolute atomic E-state index is 0.200. The first-order chi connectivity index (χ1) is 7.18. The molecule has 82 valence electrons. The van der Waals surface area contributed by atoms with Gasteiger partial charge in [-0.15, -0.1) is 0 Å². The second kappa shape index (κ2) is 4.06. The second-order valence-electron chi connectivity index (χ2n) is 3.82. The number of hydrogen-bond donors (Lipinski definition) is 1. The molecule has 1 aliphatic heterocycles. The standard InChI is InChI=1S/C11H15FN2O/c1-8-7-15-5-4-14(8)9-2-3-10(12)11(13)6-9/h2-3,6,8H,4-5,7,13H2,1H3/t8-/m0/s1. The fourth-order valence-electron chi connectivity index (χ4n) is 1.82. The SMILES string of the molecule is C[C@H]1COCCN1c1ccc(F)c(N)c1. The minimum Gasteiger partial charge on any atom is -0.396 e. The van der Waals surface area contributed by atoms with Gasteiger partial charge in [-0.2, -0.15) is 0 Å². The first kappa shape index (κ1) is 10.2. The van der Waals surface area contributed by atoms with E-state index in [2.05, 4.69) is 11.8 Å². The molecule has 1 atom stereocenters. The highest BCUT2D eigenvalue weighted by Gasteiger charge is 2.19. The van der Waals surface area contributed by atoms with E-state index < -0.39 is 0 Å². The third kappa shape index (κ3) is 2.04. The Labute approximate surface area is 88.6 Å². The lowest BCUT2D eigenvalue weighted by atomic mass is 10.2. The zero-order valence-electron chi connectivity index (χ0n) is 8.74. The number of nitrogens with two attached hydrogens (primary N) is 1. The molecule has 1 aliphatic rings. The summed E-state index contributed by atoms with van der Waals surface area (Å²) in [6.07, 6.45) is 0. The molecule has 4 heteroatoms. The van der Waals surface area contributed by atoms with E-state index in [-0.39, 0.29) is 11.5 Å². The van der Waals surface area contributed by atoms with Crippen LogP contribution in [0.15, 0.2) is 18.2 Å². The summed E-state index contributed by atoms with van der Waals surface area (Å²) in [5, 5.41) is 0. The van der Waals surface area contributed by atoms with E-state index in [1.807, 2.05) is 0 Å². The highest BCUT2D eigenvalue weighted by atomic mass is 19.1. The summed E-state index contributed by atoms with van der Waals surface area (Å²) in [6.45, 7) is 4.32. The molecule has 0 amide bonds. The summed E-state index contributed by atoms with van der Waals surface area (Å²) in [7, 11) is 0. The largest absolute Gasteiger partial charge is 0.396 e. The van der Waals surface area contributed by atoms with Crippen molar-refractivity contribution in [1.82, 2.24) is 0 Å². The van der Waals surface area contributed by atoms with Gasteiger partial charge in [-0.1, -0.05) is 0 Å². The van der Waals surface area contributed by atoms with Crippen molar-refractivity contribution in [1.29, 1.82) is 0 Å². The van der Waals surface area contributed by atoms with Crippen LogP contribution in [0, 0.1) is 5.82 Å². The molecule has 1 fully saturated rings. The Morgan fingerprint density at radius 3 is 3.00 bits per heavy atom. The summed E-state index contributed by atoms with van der Waals surface area (Å²) in [5.41, 5.74) is 6.70. The van der Waals surface area contributed by atoms with Crippen molar-refractivity contribution in [2.75, 3.05) is 30.4 Å². The zero-order chi connectivity index (χ0) is 10.8. The van der Waals surface area contributed by atoms with Gasteiger partial charge in [0, 0.05) is 18.3 Å². The van der Waals surface area contributed by atoms with Crippen molar-refractivity contribution >= 4 is 11.4 Å². The number of halogens is 1. The summed E-state index contributed by atoms with van der Waals surface area (Å²) in [6, 6.07) is 5.15. The molecule has 1 aromatic carbocycles. The molecule has 3 nitrogen and oxygen atoms in total. The number of hydrogen-bond acceptors (Lipinski definition) is 3. The van der Waals surface area contributed by atoms with Crippen molar-refractivity contribution in [2.24, 2.45) is 0 Å². The number of ether oxygens (including phenoxy) is 1. The van der Waals surface area contributed by atoms with Gasteiger partial charge in [-0.3, -0.25) is 0 Å². The van der Waals surface area contributed by atoms with Crippen molar-refractivity contribution in [3.05, 3.63) is 24.0 Å². The molecule has 1 aromatic rings. The van der Waals surface area contributed by atoms with Gasteiger partial charge in [0.2, 0.25) is 0 Å². The normalized spacial score (nSPS) is 21.7. The summed E-state index contributed by atoms with van der Waals surface area (Å²) < 4.78 is 18.3. The number of benzene rings is 1. The number of morpholine rings is 1. The fourth-order valence-corrected chi connectivity index (χ4v) is 1.82. The molecule has 0 aliphatic carbocycles. The van der Waals surface area contributed by atoms with Crippen LogP contribution in [0.4, 0.5) is 15.8 Å². The third-order valence-corrected chi connectivity index (χ3v) is 2.68. The van der Waals surface area contributed by atoms with E-state index in [1.165, 1.54) is 6.07 Å². The number of anilines is 2. The van der Waals surface area contributed by atoms with Gasteiger partial charge in [0.25, 0.3) is 0 Å². The Balaban J connectivity index is 2.24. The monoisotopic (exact) mass is 210 g/mol. The van der Waals surface area contributed by atoms with Gasteiger partial charge in [0.05, 0.1) is 18.9 Å². The highest BCUT2D eigenvalue weighted by Crippen LogP contribution is 2.23. The lowest BCUT2D eigenvalue weighted by Gasteiger charge is -2.35. The molecule has 0 bridgehead atoms. The lowest BCUT2D eigenvalue weighted by molar-refractivity contribution is 0.0989. The molecule has 0 spiro atoms. The van der Waals surface area contributed by atoms with Crippen LogP contribution < -0.4 is 10.6 Å². The van der Waals surface area contributed by atoms with Gasteiger partial charge in [0.1, 0.15) is 5.82 Å². The second-order valence-corrected chi connectivity index (χ2v) is 3.82. The van der Waals surface area contributed by atoms with Gasteiger partial charge in [0.15, 0.2) is 0 Å². The van der Waals surface area contributed by atoms with E-state index in [9.17, 15) is 4.39 Å². The maximum absolute atomic E-state index is 13.0. The Bertz CT molecular complexity index is 356. The summed E-state index contributed by atoms with van der Waals surface area (Å²) in [4.78, 5) is 2.18. The maximum Gasteiger partial charge on any atom is 0.146 e. The molecule has 0 saturated carbocycles. The van der Waals surface area contributed by atoms with Crippen LogP contribution in [0.3, 0.4) is 0 Å². The van der Waals surface area contributed by atoms with E-state index in [0.29, 0.717) is 19.3 Å². The van der Waals surface area contributed by atoms with E-state index in [0.717, 1.165) is 12.2 Å². The van der Waals surface area contributed by atoms with E-state index in [4.69, 9.17) is 10.5 Å². The first-order valence-corrected chi connectivity index (χ1v) is 5.08. The average Bonchev–Trinajstić information content (AvgIpc) is 2.23. The number of rotatable bonds is 1. The molecular weight excluding hydrogens is 195 g/mol. The Morgan fingerprint density at radius 2 is 2.33 bits per heavy atom. The Kier molecular flexibility index (Phi) is 2.77. The number of nitrogens with zero attached hydrogens (tertiary/aromatic N) is 1. The minimum atomic E-state index is -0.361. The maximum atomic E-state index is 13.0. The third-order valence-electron chi connectivity index (χ3n) is 2.68. The molecule has 2 N–H and O–H groups in total. The van der Waals surface area contributed by atoms with Crippen LogP contribution in [-0.2, 0) is 4.74 Å². The topological polar surface area (TPSA) is 38.5 Å². The van der Waals surface area contributed by atoms with Gasteiger partial charge in [-0.25, -0.2) is 4.39 Å². The Hall–Kier alpha value is -1.29. The van der Waals surface area contributed by atoms with Gasteiger partial charge in [-0.05, 0) is 25.1 Å². The quantitative estimate of drug-likeness (QED) is 0.716. The van der Waals surface area contributed by atoms with Gasteiger partial charge >= 0.3 is 0 Å². The van der Waals surface area contributed by atoms with Crippen LogP contribution in [0.25, 0.3) is 0 Å². The summed E-state index contributed by atoms with van der Waals surface area (Å²) >= 11 is 0. The van der Waals surface area contributed by atoms with Crippen LogP contribution >= 0.6 is 0 Å². The number of nitrogen functional groups attached to an aromatic ring is 1. The molecular formula is C11H15FN2O. The van der Waals surface area contributed by atoms with Crippen molar-refractivity contribution in [3.63, 3.8) is 0 Å². The van der Waals surface area contributed by atoms with Crippen molar-refractivity contribution in [3.8, 4) is 0 Å². The fraction of sp³-hybridized carbons (Fsp3) is 0.455. The van der Waals surface area contributed by atoms with E-state index in [1.54, 1.807) is 12.1 Å².